The van der Waals surface area contributed by atoms with E-state index < -0.39 is 18.4 Å². The predicted molar refractivity (Wildman–Crippen MR) is 74.9 cm³/mol. The van der Waals surface area contributed by atoms with E-state index >= 15 is 0 Å². The lowest BCUT2D eigenvalue weighted by molar-refractivity contribution is -0.310. The lowest BCUT2D eigenvalue weighted by atomic mass is 9.72. The van der Waals surface area contributed by atoms with Gasteiger partial charge in [0.25, 0.3) is 0 Å². The fraction of sp³-hybridized carbons (Fsp3) is 0.875. The van der Waals surface area contributed by atoms with Gasteiger partial charge in [0.15, 0.2) is 0 Å². The summed E-state index contributed by atoms with van der Waals surface area (Å²) in [6.45, 7) is 3.77. The topological polar surface area (TPSA) is 29.5 Å². The summed E-state index contributed by atoms with van der Waals surface area (Å²) in [6.07, 6.45) is 5.14. The third-order valence-electron chi connectivity index (χ3n) is 5.16. The molecule has 0 aromatic rings. The van der Waals surface area contributed by atoms with Crippen molar-refractivity contribution in [1.82, 2.24) is 0 Å². The molecule has 0 saturated heterocycles. The Morgan fingerprint density at radius 1 is 1.15 bits per heavy atom. The summed E-state index contributed by atoms with van der Waals surface area (Å²) in [5.41, 5.74) is 0. The molecule has 0 heterocycles. The standard InChI is InChI=1S/C16H26F2O2/c1-2-3-11-4-6-12(7-5-11)16(20-19)14-9-8-13(17)10-15(14)18/h2,11-16,19H,1,3-10H2. The zero-order chi connectivity index (χ0) is 14.5. The Labute approximate surface area is 120 Å². The molecule has 2 rings (SSSR count). The Morgan fingerprint density at radius 2 is 1.85 bits per heavy atom. The highest BCUT2D eigenvalue weighted by atomic mass is 19.1. The van der Waals surface area contributed by atoms with Gasteiger partial charge in [-0.15, -0.1) is 6.58 Å². The number of allylic oxidation sites excluding steroid dienone is 1. The highest BCUT2D eigenvalue weighted by molar-refractivity contribution is 4.90. The first-order valence-corrected chi connectivity index (χ1v) is 7.85. The molecule has 0 aromatic heterocycles. The van der Waals surface area contributed by atoms with E-state index in [1.165, 1.54) is 0 Å². The molecule has 2 saturated carbocycles. The molecule has 4 atom stereocenters. The summed E-state index contributed by atoms with van der Waals surface area (Å²) < 4.78 is 27.2. The van der Waals surface area contributed by atoms with Crippen LogP contribution in [0.4, 0.5) is 8.78 Å². The van der Waals surface area contributed by atoms with Gasteiger partial charge in [0.05, 0.1) is 0 Å². The average Bonchev–Trinajstić information content (AvgIpc) is 2.44. The maximum absolute atomic E-state index is 14.0. The van der Waals surface area contributed by atoms with E-state index in [-0.39, 0.29) is 18.3 Å². The second-order valence-electron chi connectivity index (χ2n) is 6.47. The van der Waals surface area contributed by atoms with Crippen LogP contribution in [0.15, 0.2) is 12.7 Å². The van der Waals surface area contributed by atoms with Gasteiger partial charge < -0.3 is 0 Å². The molecule has 2 aliphatic rings. The molecular formula is C16H26F2O2. The maximum Gasteiger partial charge on any atom is 0.108 e. The summed E-state index contributed by atoms with van der Waals surface area (Å²) in [5.74, 6) is 0.499. The minimum absolute atomic E-state index is 0.0453. The van der Waals surface area contributed by atoms with E-state index in [4.69, 9.17) is 0 Å². The predicted octanol–water partition coefficient (Wildman–Crippen LogP) is 4.70. The Kier molecular flexibility index (Phi) is 5.97. The molecule has 4 heteroatoms. The fourth-order valence-corrected chi connectivity index (χ4v) is 3.96. The lowest BCUT2D eigenvalue weighted by Crippen LogP contribution is -2.42. The Bertz CT molecular complexity index is 303. The van der Waals surface area contributed by atoms with E-state index in [2.05, 4.69) is 11.5 Å². The van der Waals surface area contributed by atoms with Crippen molar-refractivity contribution in [1.29, 1.82) is 0 Å². The van der Waals surface area contributed by atoms with E-state index in [0.717, 1.165) is 32.1 Å². The van der Waals surface area contributed by atoms with Gasteiger partial charge in [-0.3, -0.25) is 5.26 Å². The van der Waals surface area contributed by atoms with Crippen molar-refractivity contribution in [3.05, 3.63) is 12.7 Å². The molecular weight excluding hydrogens is 262 g/mol. The summed E-state index contributed by atoms with van der Waals surface area (Å²) in [4.78, 5) is 4.65. The van der Waals surface area contributed by atoms with Gasteiger partial charge in [-0.05, 0) is 56.8 Å². The molecule has 0 radical (unpaired) electrons. The summed E-state index contributed by atoms with van der Waals surface area (Å²) in [5, 5.41) is 9.21. The van der Waals surface area contributed by atoms with Crippen LogP contribution in [0.5, 0.6) is 0 Å². The van der Waals surface area contributed by atoms with Gasteiger partial charge >= 0.3 is 0 Å². The number of halogens is 2. The molecule has 0 aliphatic heterocycles. The first-order chi connectivity index (χ1) is 9.65. The number of hydrogen-bond acceptors (Lipinski definition) is 2. The second kappa shape index (κ2) is 7.51. The molecule has 0 spiro atoms. The molecule has 2 fully saturated rings. The summed E-state index contributed by atoms with van der Waals surface area (Å²) in [7, 11) is 0. The molecule has 20 heavy (non-hydrogen) atoms. The Balaban J connectivity index is 1.90. The Morgan fingerprint density at radius 3 is 2.40 bits per heavy atom. The van der Waals surface area contributed by atoms with Gasteiger partial charge in [0.2, 0.25) is 0 Å². The largest absolute Gasteiger partial charge is 0.252 e. The quantitative estimate of drug-likeness (QED) is 0.451. The van der Waals surface area contributed by atoms with E-state index in [1.807, 2.05) is 6.08 Å². The summed E-state index contributed by atoms with van der Waals surface area (Å²) in [6, 6.07) is 0. The van der Waals surface area contributed by atoms with Crippen LogP contribution in [-0.4, -0.2) is 23.7 Å². The van der Waals surface area contributed by atoms with Crippen LogP contribution in [0, 0.1) is 17.8 Å². The van der Waals surface area contributed by atoms with Crippen LogP contribution < -0.4 is 0 Å². The van der Waals surface area contributed by atoms with Crippen molar-refractivity contribution in [3.8, 4) is 0 Å². The van der Waals surface area contributed by atoms with Crippen LogP contribution in [0.1, 0.15) is 51.4 Å². The zero-order valence-corrected chi connectivity index (χ0v) is 12.0. The zero-order valence-electron chi connectivity index (χ0n) is 12.0. The van der Waals surface area contributed by atoms with Crippen LogP contribution in [0.2, 0.25) is 0 Å². The van der Waals surface area contributed by atoms with Crippen molar-refractivity contribution >= 4 is 0 Å². The molecule has 1 N–H and O–H groups in total. The van der Waals surface area contributed by atoms with Gasteiger partial charge in [0, 0.05) is 12.3 Å². The maximum atomic E-state index is 14.0. The third kappa shape index (κ3) is 3.79. The van der Waals surface area contributed by atoms with Crippen LogP contribution in [0.3, 0.4) is 0 Å². The fourth-order valence-electron chi connectivity index (χ4n) is 3.96. The van der Waals surface area contributed by atoms with Crippen LogP contribution in [0.25, 0.3) is 0 Å². The third-order valence-corrected chi connectivity index (χ3v) is 5.16. The molecule has 2 aliphatic carbocycles. The molecule has 116 valence electrons. The van der Waals surface area contributed by atoms with Gasteiger partial charge in [0.1, 0.15) is 18.4 Å². The smallest absolute Gasteiger partial charge is 0.108 e. The Hall–Kier alpha value is -0.480. The minimum Gasteiger partial charge on any atom is -0.252 e. The monoisotopic (exact) mass is 288 g/mol. The molecule has 0 aromatic carbocycles. The van der Waals surface area contributed by atoms with E-state index in [0.29, 0.717) is 18.8 Å². The molecule has 0 amide bonds. The number of hydrogen-bond donors (Lipinski definition) is 1. The first-order valence-electron chi connectivity index (χ1n) is 7.85. The molecule has 2 nitrogen and oxygen atoms in total. The SMILES string of the molecule is C=CCC1CCC(C(OO)C2CCC(F)CC2F)CC1. The van der Waals surface area contributed by atoms with E-state index in [9.17, 15) is 14.0 Å². The first kappa shape index (κ1) is 15.9. The number of rotatable bonds is 5. The number of alkyl halides is 2. The van der Waals surface area contributed by atoms with Gasteiger partial charge in [-0.25, -0.2) is 13.7 Å². The van der Waals surface area contributed by atoms with Crippen molar-refractivity contribution in [2.75, 3.05) is 0 Å². The average molecular weight is 288 g/mol. The van der Waals surface area contributed by atoms with Crippen molar-refractivity contribution in [3.63, 3.8) is 0 Å². The normalized spacial score (nSPS) is 40.2. The summed E-state index contributed by atoms with van der Waals surface area (Å²) >= 11 is 0. The van der Waals surface area contributed by atoms with E-state index in [1.54, 1.807) is 0 Å². The van der Waals surface area contributed by atoms with Crippen LogP contribution >= 0.6 is 0 Å². The van der Waals surface area contributed by atoms with Crippen molar-refractivity contribution < 1.29 is 18.9 Å². The molecule has 4 unspecified atom stereocenters. The highest BCUT2D eigenvalue weighted by Gasteiger charge is 2.41. The van der Waals surface area contributed by atoms with Crippen molar-refractivity contribution in [2.24, 2.45) is 17.8 Å². The minimum atomic E-state index is -1.19. The van der Waals surface area contributed by atoms with Crippen molar-refractivity contribution in [2.45, 2.75) is 69.8 Å². The van der Waals surface area contributed by atoms with Crippen LogP contribution in [-0.2, 0) is 4.89 Å². The molecule has 0 bridgehead atoms. The lowest BCUT2D eigenvalue weighted by Gasteiger charge is -2.39. The highest BCUT2D eigenvalue weighted by Crippen LogP contribution is 2.40. The van der Waals surface area contributed by atoms with Gasteiger partial charge in [-0.2, -0.15) is 0 Å². The van der Waals surface area contributed by atoms with Gasteiger partial charge in [-0.1, -0.05) is 6.08 Å². The second-order valence-corrected chi connectivity index (χ2v) is 6.47.